The Morgan fingerprint density at radius 2 is 1.86 bits per heavy atom. The minimum atomic E-state index is -1.01. The van der Waals surface area contributed by atoms with E-state index in [9.17, 15) is 9.59 Å². The molecule has 0 unspecified atom stereocenters. The Kier molecular flexibility index (Phi) is 4.80. The molecule has 114 valence electrons. The van der Waals surface area contributed by atoms with E-state index in [4.69, 9.17) is 9.84 Å². The Balaban J connectivity index is 1.83. The van der Waals surface area contributed by atoms with Gasteiger partial charge in [0.05, 0.1) is 0 Å². The van der Waals surface area contributed by atoms with Gasteiger partial charge in [0.1, 0.15) is 6.10 Å². The first-order chi connectivity index (χ1) is 9.97. The molecule has 0 aromatic heterocycles. The monoisotopic (exact) mass is 292 g/mol. The molecule has 2 rings (SSSR count). The third kappa shape index (κ3) is 3.95. The molecule has 2 N–H and O–H groups in total. The van der Waals surface area contributed by atoms with E-state index in [1.54, 1.807) is 0 Å². The SMILES string of the molecule is CN(C)c1ccc(CNC(=O)[C@@H]2CC[C@H](C(=O)O)O2)cc1. The van der Waals surface area contributed by atoms with E-state index in [2.05, 4.69) is 5.32 Å². The van der Waals surface area contributed by atoms with Crippen molar-refractivity contribution >= 4 is 17.6 Å². The lowest BCUT2D eigenvalue weighted by Crippen LogP contribution is -2.35. The number of carbonyl (C=O) groups is 2. The van der Waals surface area contributed by atoms with Gasteiger partial charge in [0.2, 0.25) is 5.91 Å². The number of carboxylic acids is 1. The topological polar surface area (TPSA) is 78.9 Å². The number of anilines is 1. The van der Waals surface area contributed by atoms with E-state index in [0.717, 1.165) is 11.3 Å². The highest BCUT2D eigenvalue weighted by Gasteiger charge is 2.34. The van der Waals surface area contributed by atoms with Crippen molar-refractivity contribution < 1.29 is 19.4 Å². The van der Waals surface area contributed by atoms with Crippen molar-refractivity contribution in [1.29, 1.82) is 0 Å². The molecule has 1 saturated heterocycles. The maximum Gasteiger partial charge on any atom is 0.332 e. The van der Waals surface area contributed by atoms with Gasteiger partial charge in [-0.1, -0.05) is 12.1 Å². The summed E-state index contributed by atoms with van der Waals surface area (Å²) < 4.78 is 5.21. The fourth-order valence-corrected chi connectivity index (χ4v) is 2.23. The molecule has 0 spiro atoms. The van der Waals surface area contributed by atoms with E-state index in [0.29, 0.717) is 19.4 Å². The van der Waals surface area contributed by atoms with Gasteiger partial charge < -0.3 is 20.1 Å². The number of nitrogens with zero attached hydrogens (tertiary/aromatic N) is 1. The largest absolute Gasteiger partial charge is 0.479 e. The zero-order valence-corrected chi connectivity index (χ0v) is 12.2. The summed E-state index contributed by atoms with van der Waals surface area (Å²) in [6.45, 7) is 0.407. The molecule has 1 amide bonds. The Bertz CT molecular complexity index is 513. The number of amides is 1. The van der Waals surface area contributed by atoms with E-state index in [-0.39, 0.29) is 5.91 Å². The second kappa shape index (κ2) is 6.58. The van der Waals surface area contributed by atoms with Gasteiger partial charge in [-0.05, 0) is 30.5 Å². The highest BCUT2D eigenvalue weighted by Crippen LogP contribution is 2.20. The van der Waals surface area contributed by atoms with Crippen molar-refractivity contribution in [2.75, 3.05) is 19.0 Å². The fourth-order valence-electron chi connectivity index (χ4n) is 2.23. The Morgan fingerprint density at radius 3 is 2.38 bits per heavy atom. The van der Waals surface area contributed by atoms with E-state index in [1.165, 1.54) is 0 Å². The summed E-state index contributed by atoms with van der Waals surface area (Å²) in [5.74, 6) is -1.26. The Hall–Kier alpha value is -2.08. The summed E-state index contributed by atoms with van der Waals surface area (Å²) >= 11 is 0. The van der Waals surface area contributed by atoms with Crippen LogP contribution in [0.5, 0.6) is 0 Å². The summed E-state index contributed by atoms with van der Waals surface area (Å²) in [7, 11) is 3.93. The molecule has 6 heteroatoms. The molecule has 0 bridgehead atoms. The molecule has 2 atom stereocenters. The van der Waals surface area contributed by atoms with Crippen LogP contribution in [0, 0.1) is 0 Å². The van der Waals surface area contributed by atoms with Crippen LogP contribution in [-0.2, 0) is 20.9 Å². The van der Waals surface area contributed by atoms with Crippen molar-refractivity contribution in [3.05, 3.63) is 29.8 Å². The molecule has 1 fully saturated rings. The molecular formula is C15H20N2O4. The fraction of sp³-hybridized carbons (Fsp3) is 0.467. The van der Waals surface area contributed by atoms with Gasteiger partial charge in [-0.2, -0.15) is 0 Å². The lowest BCUT2D eigenvalue weighted by Gasteiger charge is -2.14. The number of hydrogen-bond acceptors (Lipinski definition) is 4. The van der Waals surface area contributed by atoms with Crippen LogP contribution in [0.1, 0.15) is 18.4 Å². The highest BCUT2D eigenvalue weighted by molar-refractivity contribution is 5.82. The molecule has 1 aromatic carbocycles. The molecule has 1 aliphatic rings. The summed E-state index contributed by atoms with van der Waals surface area (Å²) in [5.41, 5.74) is 2.08. The van der Waals surface area contributed by atoms with Gasteiger partial charge in [-0.25, -0.2) is 4.79 Å². The summed E-state index contributed by atoms with van der Waals surface area (Å²) in [5, 5.41) is 11.6. The van der Waals surface area contributed by atoms with Crippen molar-refractivity contribution in [2.24, 2.45) is 0 Å². The maximum absolute atomic E-state index is 11.9. The molecule has 6 nitrogen and oxygen atoms in total. The average Bonchev–Trinajstić information content (AvgIpc) is 2.95. The van der Waals surface area contributed by atoms with Crippen LogP contribution >= 0.6 is 0 Å². The number of benzene rings is 1. The number of rotatable bonds is 5. The van der Waals surface area contributed by atoms with Gasteiger partial charge in [-0.15, -0.1) is 0 Å². The second-order valence-electron chi connectivity index (χ2n) is 5.31. The van der Waals surface area contributed by atoms with Crippen molar-refractivity contribution in [3.63, 3.8) is 0 Å². The number of aliphatic carboxylic acids is 1. The van der Waals surface area contributed by atoms with Crippen LogP contribution < -0.4 is 10.2 Å². The maximum atomic E-state index is 11.9. The number of hydrogen-bond donors (Lipinski definition) is 2. The summed E-state index contributed by atoms with van der Waals surface area (Å²) in [4.78, 5) is 24.7. The smallest absolute Gasteiger partial charge is 0.332 e. The van der Waals surface area contributed by atoms with Gasteiger partial charge in [0.15, 0.2) is 6.10 Å². The van der Waals surface area contributed by atoms with Crippen LogP contribution in [-0.4, -0.2) is 43.3 Å². The number of carboxylic acid groups (broad SMARTS) is 1. The van der Waals surface area contributed by atoms with Gasteiger partial charge in [-0.3, -0.25) is 4.79 Å². The molecular weight excluding hydrogens is 272 g/mol. The first kappa shape index (κ1) is 15.3. The third-order valence-corrected chi connectivity index (χ3v) is 3.51. The highest BCUT2D eigenvalue weighted by atomic mass is 16.5. The first-order valence-corrected chi connectivity index (χ1v) is 6.89. The summed E-state index contributed by atoms with van der Waals surface area (Å²) in [6, 6.07) is 7.86. The predicted molar refractivity (Wildman–Crippen MR) is 78.1 cm³/mol. The molecule has 0 saturated carbocycles. The van der Waals surface area contributed by atoms with Crippen molar-refractivity contribution in [1.82, 2.24) is 5.32 Å². The van der Waals surface area contributed by atoms with Crippen LogP contribution in [0.15, 0.2) is 24.3 Å². The van der Waals surface area contributed by atoms with Gasteiger partial charge in [0, 0.05) is 26.3 Å². The minimum Gasteiger partial charge on any atom is -0.479 e. The lowest BCUT2D eigenvalue weighted by molar-refractivity contribution is -0.151. The average molecular weight is 292 g/mol. The predicted octanol–water partition coefficient (Wildman–Crippen LogP) is 1.00. The Morgan fingerprint density at radius 1 is 1.24 bits per heavy atom. The van der Waals surface area contributed by atoms with Gasteiger partial charge >= 0.3 is 5.97 Å². The first-order valence-electron chi connectivity index (χ1n) is 6.89. The molecule has 0 aliphatic carbocycles. The van der Waals surface area contributed by atoms with E-state index < -0.39 is 18.2 Å². The van der Waals surface area contributed by atoms with Crippen LogP contribution in [0.3, 0.4) is 0 Å². The lowest BCUT2D eigenvalue weighted by atomic mass is 10.1. The number of carbonyl (C=O) groups excluding carboxylic acids is 1. The van der Waals surface area contributed by atoms with E-state index in [1.807, 2.05) is 43.3 Å². The van der Waals surface area contributed by atoms with E-state index >= 15 is 0 Å². The molecule has 21 heavy (non-hydrogen) atoms. The van der Waals surface area contributed by atoms with Crippen molar-refractivity contribution in [3.8, 4) is 0 Å². The molecule has 1 heterocycles. The quantitative estimate of drug-likeness (QED) is 0.846. The van der Waals surface area contributed by atoms with Crippen molar-refractivity contribution in [2.45, 2.75) is 31.6 Å². The number of ether oxygens (including phenoxy) is 1. The Labute approximate surface area is 123 Å². The molecule has 1 aromatic rings. The second-order valence-corrected chi connectivity index (χ2v) is 5.31. The third-order valence-electron chi connectivity index (χ3n) is 3.51. The van der Waals surface area contributed by atoms with Crippen LogP contribution in [0.4, 0.5) is 5.69 Å². The van der Waals surface area contributed by atoms with Gasteiger partial charge in [0.25, 0.3) is 0 Å². The minimum absolute atomic E-state index is 0.254. The number of nitrogens with one attached hydrogen (secondary N) is 1. The molecule has 1 aliphatic heterocycles. The summed E-state index contributed by atoms with van der Waals surface area (Å²) in [6.07, 6.45) is -0.694. The zero-order chi connectivity index (χ0) is 15.4. The molecule has 0 radical (unpaired) electrons. The standard InChI is InChI=1S/C15H20N2O4/c1-17(2)11-5-3-10(4-6-11)9-16-14(18)12-7-8-13(21-12)15(19)20/h3-6,12-13H,7-9H2,1-2H3,(H,16,18)(H,19,20)/t12-,13+/m0/s1. The zero-order valence-electron chi connectivity index (χ0n) is 12.2. The van der Waals surface area contributed by atoms with Crippen LogP contribution in [0.25, 0.3) is 0 Å². The normalized spacial score (nSPS) is 21.0. The van der Waals surface area contributed by atoms with Crippen LogP contribution in [0.2, 0.25) is 0 Å².